The summed E-state index contributed by atoms with van der Waals surface area (Å²) in [6.45, 7) is 6.15. The largest absolute Gasteiger partial charge is 0.379 e. The van der Waals surface area contributed by atoms with E-state index in [1.807, 2.05) is 0 Å². The van der Waals surface area contributed by atoms with Gasteiger partial charge in [0, 0.05) is 19.6 Å². The first-order valence-electron chi connectivity index (χ1n) is 7.87. The molecule has 0 bridgehead atoms. The Morgan fingerprint density at radius 1 is 1.15 bits per heavy atom. The standard InChI is InChI=1S/C15H29ClO4/c1-3-5-7-9-18-12-14-13(11-15(16,17)20-14)19-10-8-6-4-2/h13-14,17H,3-12H2,1-2H3/t13-,14+,15+/m0/s1. The fourth-order valence-electron chi connectivity index (χ4n) is 2.28. The first-order chi connectivity index (χ1) is 9.59. The third kappa shape index (κ3) is 7.23. The van der Waals surface area contributed by atoms with E-state index in [0.29, 0.717) is 19.6 Å². The van der Waals surface area contributed by atoms with Gasteiger partial charge in [-0.15, -0.1) is 0 Å². The van der Waals surface area contributed by atoms with Crippen LogP contribution in [0.3, 0.4) is 0 Å². The highest BCUT2D eigenvalue weighted by Gasteiger charge is 2.44. The minimum absolute atomic E-state index is 0.180. The molecule has 0 aliphatic carbocycles. The van der Waals surface area contributed by atoms with Crippen LogP contribution in [0, 0.1) is 0 Å². The quantitative estimate of drug-likeness (QED) is 0.469. The predicted molar refractivity (Wildman–Crippen MR) is 79.9 cm³/mol. The van der Waals surface area contributed by atoms with Crippen LogP contribution in [0.15, 0.2) is 0 Å². The van der Waals surface area contributed by atoms with Crippen molar-refractivity contribution < 1.29 is 19.3 Å². The zero-order valence-electron chi connectivity index (χ0n) is 12.8. The van der Waals surface area contributed by atoms with Gasteiger partial charge in [-0.25, -0.2) is 0 Å². The Morgan fingerprint density at radius 3 is 2.45 bits per heavy atom. The molecule has 20 heavy (non-hydrogen) atoms. The van der Waals surface area contributed by atoms with Gasteiger partial charge in [-0.3, -0.25) is 0 Å². The minimum atomic E-state index is -1.60. The summed E-state index contributed by atoms with van der Waals surface area (Å²) in [5.41, 5.74) is 0. The summed E-state index contributed by atoms with van der Waals surface area (Å²) in [6, 6.07) is 0. The molecular formula is C15H29ClO4. The molecule has 1 N–H and O–H groups in total. The van der Waals surface area contributed by atoms with Crippen molar-refractivity contribution in [3.63, 3.8) is 0 Å². The summed E-state index contributed by atoms with van der Waals surface area (Å²) in [5, 5.41) is 8.18. The lowest BCUT2D eigenvalue weighted by atomic mass is 10.2. The predicted octanol–water partition coefficient (Wildman–Crippen LogP) is 3.44. The molecule has 1 aliphatic rings. The SMILES string of the molecule is CCCCCOC[C@H]1O[C@@](O)(Cl)C[C@@H]1OCCCCC. The Kier molecular flexibility index (Phi) is 9.05. The molecular weight excluding hydrogens is 280 g/mol. The van der Waals surface area contributed by atoms with Crippen molar-refractivity contribution in [2.75, 3.05) is 19.8 Å². The molecule has 0 radical (unpaired) electrons. The van der Waals surface area contributed by atoms with Crippen molar-refractivity contribution in [2.24, 2.45) is 0 Å². The van der Waals surface area contributed by atoms with Crippen molar-refractivity contribution in [1.82, 2.24) is 0 Å². The first kappa shape index (κ1) is 18.2. The van der Waals surface area contributed by atoms with Crippen LogP contribution in [0.2, 0.25) is 0 Å². The molecule has 0 saturated carbocycles. The molecule has 1 fully saturated rings. The fraction of sp³-hybridized carbons (Fsp3) is 1.00. The monoisotopic (exact) mass is 308 g/mol. The molecule has 3 atom stereocenters. The van der Waals surface area contributed by atoms with Crippen molar-refractivity contribution in [2.45, 2.75) is 76.2 Å². The lowest BCUT2D eigenvalue weighted by Gasteiger charge is -2.19. The summed E-state index contributed by atoms with van der Waals surface area (Å²) >= 11 is 5.86. The second-order valence-electron chi connectivity index (χ2n) is 5.45. The van der Waals surface area contributed by atoms with Gasteiger partial charge in [0.05, 0.1) is 12.7 Å². The molecule has 0 aromatic rings. The van der Waals surface area contributed by atoms with Gasteiger partial charge in [0.1, 0.15) is 6.10 Å². The lowest BCUT2D eigenvalue weighted by Crippen LogP contribution is -2.30. The Balaban J connectivity index is 2.25. The average Bonchev–Trinajstić information content (AvgIpc) is 2.69. The Bertz CT molecular complexity index is 248. The van der Waals surface area contributed by atoms with Gasteiger partial charge in [0.15, 0.2) is 0 Å². The Morgan fingerprint density at radius 2 is 1.80 bits per heavy atom. The second kappa shape index (κ2) is 9.96. The fourth-order valence-corrected chi connectivity index (χ4v) is 2.55. The Labute approximate surface area is 127 Å². The van der Waals surface area contributed by atoms with Gasteiger partial charge in [0.2, 0.25) is 5.25 Å². The normalized spacial score (nSPS) is 30.0. The average molecular weight is 309 g/mol. The molecule has 5 heteroatoms. The first-order valence-corrected chi connectivity index (χ1v) is 8.25. The molecule has 1 aliphatic heterocycles. The van der Waals surface area contributed by atoms with Gasteiger partial charge in [-0.05, 0) is 12.8 Å². The van der Waals surface area contributed by atoms with Gasteiger partial charge in [0.25, 0.3) is 0 Å². The van der Waals surface area contributed by atoms with Crippen LogP contribution in [-0.4, -0.2) is 42.4 Å². The molecule has 0 unspecified atom stereocenters. The second-order valence-corrected chi connectivity index (χ2v) is 6.04. The summed E-state index contributed by atoms with van der Waals surface area (Å²) in [6.07, 6.45) is 6.57. The van der Waals surface area contributed by atoms with Crippen LogP contribution in [0.5, 0.6) is 0 Å². The highest BCUT2D eigenvalue weighted by atomic mass is 35.5. The maximum Gasteiger partial charge on any atom is 0.248 e. The van der Waals surface area contributed by atoms with E-state index in [-0.39, 0.29) is 12.2 Å². The van der Waals surface area contributed by atoms with Crippen LogP contribution < -0.4 is 0 Å². The molecule has 4 nitrogen and oxygen atoms in total. The van der Waals surface area contributed by atoms with Crippen molar-refractivity contribution >= 4 is 11.6 Å². The molecule has 120 valence electrons. The summed E-state index contributed by atoms with van der Waals surface area (Å²) in [7, 11) is 0. The molecule has 1 saturated heterocycles. The maximum atomic E-state index is 9.79. The maximum absolute atomic E-state index is 9.79. The highest BCUT2D eigenvalue weighted by molar-refractivity contribution is 6.21. The zero-order valence-corrected chi connectivity index (χ0v) is 13.5. The molecule has 0 aromatic heterocycles. The third-order valence-corrected chi connectivity index (χ3v) is 3.70. The van der Waals surface area contributed by atoms with E-state index in [0.717, 1.165) is 32.3 Å². The van der Waals surface area contributed by atoms with Gasteiger partial charge >= 0.3 is 0 Å². The van der Waals surface area contributed by atoms with E-state index in [2.05, 4.69) is 13.8 Å². The van der Waals surface area contributed by atoms with Crippen LogP contribution in [-0.2, 0) is 14.2 Å². The number of alkyl halides is 1. The van der Waals surface area contributed by atoms with E-state index in [9.17, 15) is 5.11 Å². The van der Waals surface area contributed by atoms with Crippen molar-refractivity contribution in [3.05, 3.63) is 0 Å². The van der Waals surface area contributed by atoms with E-state index >= 15 is 0 Å². The number of halogens is 1. The number of ether oxygens (including phenoxy) is 3. The number of hydrogen-bond donors (Lipinski definition) is 1. The number of aliphatic hydroxyl groups is 1. The minimum Gasteiger partial charge on any atom is -0.379 e. The Hall–Kier alpha value is 0.130. The number of rotatable bonds is 11. The molecule has 0 spiro atoms. The van der Waals surface area contributed by atoms with Gasteiger partial charge in [-0.2, -0.15) is 0 Å². The molecule has 0 amide bonds. The van der Waals surface area contributed by atoms with Gasteiger partial charge < -0.3 is 19.3 Å². The van der Waals surface area contributed by atoms with E-state index in [1.54, 1.807) is 0 Å². The van der Waals surface area contributed by atoms with Crippen LogP contribution in [0.25, 0.3) is 0 Å². The highest BCUT2D eigenvalue weighted by Crippen LogP contribution is 2.34. The lowest BCUT2D eigenvalue weighted by molar-refractivity contribution is -0.147. The summed E-state index contributed by atoms with van der Waals surface area (Å²) in [5.74, 6) is 0. The summed E-state index contributed by atoms with van der Waals surface area (Å²) < 4.78 is 16.8. The smallest absolute Gasteiger partial charge is 0.248 e. The van der Waals surface area contributed by atoms with Crippen molar-refractivity contribution in [3.8, 4) is 0 Å². The van der Waals surface area contributed by atoms with E-state index in [4.69, 9.17) is 25.8 Å². The van der Waals surface area contributed by atoms with E-state index < -0.39 is 5.25 Å². The molecule has 1 heterocycles. The van der Waals surface area contributed by atoms with E-state index in [1.165, 1.54) is 12.8 Å². The summed E-state index contributed by atoms with van der Waals surface area (Å²) in [4.78, 5) is 0. The third-order valence-electron chi connectivity index (χ3n) is 3.45. The zero-order chi connectivity index (χ0) is 14.8. The van der Waals surface area contributed by atoms with Gasteiger partial charge in [-0.1, -0.05) is 51.1 Å². The van der Waals surface area contributed by atoms with Crippen molar-refractivity contribution in [1.29, 1.82) is 0 Å². The van der Waals surface area contributed by atoms with Crippen LogP contribution in [0.1, 0.15) is 58.8 Å². The van der Waals surface area contributed by atoms with Crippen LogP contribution >= 0.6 is 11.6 Å². The number of hydrogen-bond acceptors (Lipinski definition) is 4. The number of unbranched alkanes of at least 4 members (excludes halogenated alkanes) is 4. The molecule has 1 rings (SSSR count). The van der Waals surface area contributed by atoms with Crippen LogP contribution in [0.4, 0.5) is 0 Å². The topological polar surface area (TPSA) is 47.9 Å². The molecule has 0 aromatic carbocycles.